The van der Waals surface area contributed by atoms with Crippen molar-refractivity contribution in [2.75, 3.05) is 13.2 Å². The van der Waals surface area contributed by atoms with Crippen LogP contribution in [0.25, 0.3) is 0 Å². The molecule has 0 amide bonds. The summed E-state index contributed by atoms with van der Waals surface area (Å²) in [5.41, 5.74) is 0. The van der Waals surface area contributed by atoms with Crippen LogP contribution >= 0.6 is 0 Å². The van der Waals surface area contributed by atoms with Gasteiger partial charge in [-0.3, -0.25) is 14.4 Å². The largest absolute Gasteiger partial charge is 0.462 e. The van der Waals surface area contributed by atoms with Crippen molar-refractivity contribution in [1.29, 1.82) is 0 Å². The molecule has 0 aliphatic rings. The van der Waals surface area contributed by atoms with Crippen molar-refractivity contribution in [3.05, 3.63) is 85.1 Å². The Hall–Kier alpha value is -3.41. The molecule has 0 heterocycles. The van der Waals surface area contributed by atoms with E-state index in [-0.39, 0.29) is 37.5 Å². The molecule has 1 unspecified atom stereocenters. The Morgan fingerprint density at radius 3 is 0.841 bits per heavy atom. The fourth-order valence-corrected chi connectivity index (χ4v) is 10.4. The zero-order chi connectivity index (χ0) is 59.2. The van der Waals surface area contributed by atoms with E-state index in [4.69, 9.17) is 14.2 Å². The molecule has 0 rings (SSSR count). The summed E-state index contributed by atoms with van der Waals surface area (Å²) in [6.07, 6.45) is 93.7. The van der Waals surface area contributed by atoms with E-state index >= 15 is 0 Å². The molecule has 0 saturated carbocycles. The van der Waals surface area contributed by atoms with Crippen LogP contribution in [0.2, 0.25) is 0 Å². The summed E-state index contributed by atoms with van der Waals surface area (Å²) < 4.78 is 16.9. The SMILES string of the molecule is CC/C=C\C/C=C\C/C=C\C/C=C\CCC(=O)OCC(COC(=O)CCCCCCCCCCCCCCCCCCCCCCCCCCCCCCCCCC)OC(=O)CCCCCCCC/C=C\C/C=C\C/C=C\CCCCC. The van der Waals surface area contributed by atoms with Gasteiger partial charge in [0.05, 0.1) is 0 Å². The van der Waals surface area contributed by atoms with Gasteiger partial charge in [0.1, 0.15) is 13.2 Å². The van der Waals surface area contributed by atoms with E-state index in [0.717, 1.165) is 89.9 Å². The van der Waals surface area contributed by atoms with Crippen LogP contribution in [-0.2, 0) is 28.6 Å². The Balaban J connectivity index is 4.20. The molecule has 0 spiro atoms. The quantitative estimate of drug-likeness (QED) is 0.0261. The molecule has 0 aliphatic carbocycles. The lowest BCUT2D eigenvalue weighted by molar-refractivity contribution is -0.166. The number of hydrogen-bond donors (Lipinski definition) is 0. The standard InChI is InChI=1S/C76H134O6/c1-4-7-10-13-16-19-22-25-27-29-31-32-33-34-35-36-37-38-39-40-41-42-43-45-46-48-51-54-57-60-63-66-69-75(78)81-72-73(71-80-74(77)68-65-62-59-56-53-50-24-21-18-15-12-9-6-3)82-76(79)70-67-64-61-58-55-52-49-47-44-30-28-26-23-20-17-14-11-8-5-2/h9,12,17-18,20-21,26,28,44,47,50,53,59,62,73H,4-8,10-11,13-16,19,22-25,27,29-43,45-46,48-49,51-52,54-58,60-61,63-72H2,1-3H3/b12-9-,20-17-,21-18-,28-26-,47-44-,53-50-,62-59-. The van der Waals surface area contributed by atoms with Crippen molar-refractivity contribution in [2.45, 2.75) is 367 Å². The van der Waals surface area contributed by atoms with Crippen LogP contribution in [0.3, 0.4) is 0 Å². The molecule has 6 heteroatoms. The van der Waals surface area contributed by atoms with E-state index in [1.807, 2.05) is 6.08 Å². The van der Waals surface area contributed by atoms with Gasteiger partial charge in [0.2, 0.25) is 0 Å². The van der Waals surface area contributed by atoms with Gasteiger partial charge in [0, 0.05) is 19.3 Å². The van der Waals surface area contributed by atoms with Crippen molar-refractivity contribution in [3.63, 3.8) is 0 Å². The third kappa shape index (κ3) is 67.4. The highest BCUT2D eigenvalue weighted by atomic mass is 16.6. The molecular formula is C76H134O6. The van der Waals surface area contributed by atoms with Crippen molar-refractivity contribution in [1.82, 2.24) is 0 Å². The summed E-state index contributed by atoms with van der Waals surface area (Å²) in [7, 11) is 0. The normalized spacial score (nSPS) is 12.6. The van der Waals surface area contributed by atoms with Gasteiger partial charge in [-0.05, 0) is 83.5 Å². The van der Waals surface area contributed by atoms with Gasteiger partial charge >= 0.3 is 17.9 Å². The van der Waals surface area contributed by atoms with Gasteiger partial charge in [-0.15, -0.1) is 0 Å². The fraction of sp³-hybridized carbons (Fsp3) is 0.776. The monoisotopic (exact) mass is 1140 g/mol. The predicted molar refractivity (Wildman–Crippen MR) is 358 cm³/mol. The first-order chi connectivity index (χ1) is 40.5. The molecule has 0 N–H and O–H groups in total. The molecule has 6 nitrogen and oxygen atoms in total. The zero-order valence-corrected chi connectivity index (χ0v) is 54.5. The Kier molecular flexibility index (Phi) is 67.2. The summed E-state index contributed by atoms with van der Waals surface area (Å²) >= 11 is 0. The van der Waals surface area contributed by atoms with Crippen LogP contribution in [0.5, 0.6) is 0 Å². The molecule has 0 bridgehead atoms. The lowest BCUT2D eigenvalue weighted by Crippen LogP contribution is -2.30. The van der Waals surface area contributed by atoms with Gasteiger partial charge in [0.25, 0.3) is 0 Å². The van der Waals surface area contributed by atoms with E-state index in [1.54, 1.807) is 0 Å². The van der Waals surface area contributed by atoms with Crippen LogP contribution in [-0.4, -0.2) is 37.2 Å². The molecule has 0 saturated heterocycles. The van der Waals surface area contributed by atoms with Crippen molar-refractivity contribution < 1.29 is 28.6 Å². The first-order valence-corrected chi connectivity index (χ1v) is 35.6. The minimum Gasteiger partial charge on any atom is -0.462 e. The van der Waals surface area contributed by atoms with E-state index in [2.05, 4.69) is 99.8 Å². The minimum absolute atomic E-state index is 0.102. The van der Waals surface area contributed by atoms with Crippen molar-refractivity contribution >= 4 is 17.9 Å². The maximum Gasteiger partial charge on any atom is 0.306 e. The van der Waals surface area contributed by atoms with Crippen LogP contribution in [0.1, 0.15) is 361 Å². The number of carbonyl (C=O) groups excluding carboxylic acids is 3. The molecule has 0 aliphatic heterocycles. The highest BCUT2D eigenvalue weighted by Gasteiger charge is 2.19. The third-order valence-corrected chi connectivity index (χ3v) is 15.6. The van der Waals surface area contributed by atoms with Crippen LogP contribution < -0.4 is 0 Å². The second kappa shape index (κ2) is 70.1. The highest BCUT2D eigenvalue weighted by molar-refractivity contribution is 5.71. The number of unbranched alkanes of at least 4 members (excludes halogenated alkanes) is 40. The van der Waals surface area contributed by atoms with Crippen LogP contribution in [0, 0.1) is 0 Å². The van der Waals surface area contributed by atoms with Gasteiger partial charge in [-0.25, -0.2) is 0 Å². The number of ether oxygens (including phenoxy) is 3. The number of allylic oxidation sites excluding steroid dienone is 14. The van der Waals surface area contributed by atoms with Crippen molar-refractivity contribution in [2.24, 2.45) is 0 Å². The highest BCUT2D eigenvalue weighted by Crippen LogP contribution is 2.18. The Bertz CT molecular complexity index is 1550. The average Bonchev–Trinajstić information content (AvgIpc) is 3.47. The Morgan fingerprint density at radius 1 is 0.256 bits per heavy atom. The second-order valence-electron chi connectivity index (χ2n) is 23.8. The van der Waals surface area contributed by atoms with Gasteiger partial charge in [-0.1, -0.05) is 343 Å². The molecule has 0 aromatic carbocycles. The van der Waals surface area contributed by atoms with E-state index in [9.17, 15) is 14.4 Å². The number of hydrogen-bond acceptors (Lipinski definition) is 6. The van der Waals surface area contributed by atoms with E-state index in [0.29, 0.717) is 19.3 Å². The van der Waals surface area contributed by atoms with E-state index < -0.39 is 6.10 Å². The zero-order valence-electron chi connectivity index (χ0n) is 54.5. The molecule has 1 atom stereocenters. The number of esters is 3. The third-order valence-electron chi connectivity index (χ3n) is 15.6. The number of carbonyl (C=O) groups is 3. The summed E-state index contributed by atoms with van der Waals surface area (Å²) in [6, 6.07) is 0. The summed E-state index contributed by atoms with van der Waals surface area (Å²) in [6.45, 7) is 6.47. The summed E-state index contributed by atoms with van der Waals surface area (Å²) in [4.78, 5) is 38.3. The lowest BCUT2D eigenvalue weighted by Gasteiger charge is -2.18. The van der Waals surface area contributed by atoms with Gasteiger partial charge < -0.3 is 14.2 Å². The average molecular weight is 1140 g/mol. The smallest absolute Gasteiger partial charge is 0.306 e. The minimum atomic E-state index is -0.813. The van der Waals surface area contributed by atoms with Crippen LogP contribution in [0.4, 0.5) is 0 Å². The maximum atomic E-state index is 12.9. The van der Waals surface area contributed by atoms with Crippen LogP contribution in [0.15, 0.2) is 85.1 Å². The molecule has 474 valence electrons. The molecule has 0 aromatic heterocycles. The molecular weight excluding hydrogens is 1010 g/mol. The molecule has 0 aromatic rings. The summed E-state index contributed by atoms with van der Waals surface area (Å²) in [5.74, 6) is -0.985. The molecule has 82 heavy (non-hydrogen) atoms. The van der Waals surface area contributed by atoms with Gasteiger partial charge in [-0.2, -0.15) is 0 Å². The first kappa shape index (κ1) is 78.6. The van der Waals surface area contributed by atoms with E-state index in [1.165, 1.54) is 225 Å². The fourth-order valence-electron chi connectivity index (χ4n) is 10.4. The van der Waals surface area contributed by atoms with Gasteiger partial charge in [0.15, 0.2) is 6.10 Å². The predicted octanol–water partition coefficient (Wildman–Crippen LogP) is 24.6. The molecule has 0 radical (unpaired) electrons. The molecule has 0 fully saturated rings. The lowest BCUT2D eigenvalue weighted by atomic mass is 10.0. The summed E-state index contributed by atoms with van der Waals surface area (Å²) in [5, 5.41) is 0. The van der Waals surface area contributed by atoms with Crippen molar-refractivity contribution in [3.8, 4) is 0 Å². The Morgan fingerprint density at radius 2 is 0.500 bits per heavy atom. The Labute approximate surface area is 509 Å². The second-order valence-corrected chi connectivity index (χ2v) is 23.8. The first-order valence-electron chi connectivity index (χ1n) is 35.6. The maximum absolute atomic E-state index is 12.9. The number of rotatable bonds is 65. The topological polar surface area (TPSA) is 78.9 Å².